The van der Waals surface area contributed by atoms with Gasteiger partial charge in [0.1, 0.15) is 13.2 Å². The number of carboxylic acid groups (broad SMARTS) is 1. The van der Waals surface area contributed by atoms with E-state index in [9.17, 15) is 9.90 Å². The molecule has 1 unspecified atom stereocenters. The van der Waals surface area contributed by atoms with Crippen LogP contribution in [0.5, 0.6) is 11.5 Å². The van der Waals surface area contributed by atoms with Crippen LogP contribution >= 0.6 is 0 Å². The van der Waals surface area contributed by atoms with Crippen molar-refractivity contribution in [2.75, 3.05) is 13.2 Å². The molecule has 1 aliphatic rings. The topological polar surface area (TPSA) is 76.0 Å². The van der Waals surface area contributed by atoms with Gasteiger partial charge in [0, 0.05) is 6.42 Å². The van der Waals surface area contributed by atoms with Gasteiger partial charge in [0.2, 0.25) is 0 Å². The molecule has 2 N–H and O–H groups in total. The number of carboxylic acids is 1. The zero-order valence-electron chi connectivity index (χ0n) is 9.47. The van der Waals surface area contributed by atoms with Gasteiger partial charge in [-0.25, -0.2) is 4.79 Å². The van der Waals surface area contributed by atoms with E-state index >= 15 is 0 Å². The summed E-state index contributed by atoms with van der Waals surface area (Å²) in [5.74, 6) is 0.0891. The molecule has 1 heterocycles. The van der Waals surface area contributed by atoms with E-state index < -0.39 is 12.1 Å². The van der Waals surface area contributed by atoms with Gasteiger partial charge in [0.05, 0.1) is 0 Å². The van der Waals surface area contributed by atoms with E-state index in [0.29, 0.717) is 24.7 Å². The predicted octanol–water partition coefficient (Wildman–Crippen LogP) is 0.754. The third-order valence-electron chi connectivity index (χ3n) is 2.60. The van der Waals surface area contributed by atoms with E-state index in [-0.39, 0.29) is 6.42 Å². The molecule has 0 aliphatic carbocycles. The Bertz CT molecular complexity index is 441. The number of fused-ring (bicyclic) bond motifs is 1. The Morgan fingerprint density at radius 3 is 2.82 bits per heavy atom. The predicted molar refractivity (Wildman–Crippen MR) is 59.5 cm³/mol. The molecule has 1 aromatic carbocycles. The summed E-state index contributed by atoms with van der Waals surface area (Å²) in [6.45, 7) is 2.87. The minimum atomic E-state index is -1.39. The zero-order valence-corrected chi connectivity index (χ0v) is 9.47. The maximum atomic E-state index is 10.6. The Morgan fingerprint density at radius 2 is 2.12 bits per heavy atom. The molecule has 5 nitrogen and oxygen atoms in total. The molecule has 2 rings (SSSR count). The van der Waals surface area contributed by atoms with Crippen LogP contribution in [-0.4, -0.2) is 35.5 Å². The van der Waals surface area contributed by atoms with Crippen LogP contribution in [-0.2, 0) is 11.2 Å². The Hall–Kier alpha value is -1.75. The molecule has 0 saturated carbocycles. The van der Waals surface area contributed by atoms with Crippen LogP contribution in [0, 0.1) is 6.92 Å². The van der Waals surface area contributed by atoms with Gasteiger partial charge in [0.25, 0.3) is 0 Å². The Morgan fingerprint density at radius 1 is 1.41 bits per heavy atom. The molecule has 0 amide bonds. The normalized spacial score (nSPS) is 15.4. The van der Waals surface area contributed by atoms with Crippen LogP contribution in [0.4, 0.5) is 0 Å². The van der Waals surface area contributed by atoms with E-state index in [1.54, 1.807) is 12.1 Å². The van der Waals surface area contributed by atoms with Crippen molar-refractivity contribution in [3.05, 3.63) is 23.3 Å². The van der Waals surface area contributed by atoms with E-state index in [1.165, 1.54) is 0 Å². The summed E-state index contributed by atoms with van der Waals surface area (Å²) in [6, 6.07) is 3.52. The smallest absolute Gasteiger partial charge is 0.332 e. The van der Waals surface area contributed by atoms with E-state index in [0.717, 1.165) is 11.1 Å². The lowest BCUT2D eigenvalue weighted by atomic mass is 10.0. The fourth-order valence-electron chi connectivity index (χ4n) is 1.83. The van der Waals surface area contributed by atoms with E-state index in [1.807, 2.05) is 6.92 Å². The fourth-order valence-corrected chi connectivity index (χ4v) is 1.83. The van der Waals surface area contributed by atoms with Crippen molar-refractivity contribution < 1.29 is 24.5 Å². The Balaban J connectivity index is 2.25. The quantitative estimate of drug-likeness (QED) is 0.812. The Kier molecular flexibility index (Phi) is 3.19. The molecule has 0 aromatic heterocycles. The number of hydrogen-bond donors (Lipinski definition) is 2. The van der Waals surface area contributed by atoms with Crippen LogP contribution < -0.4 is 9.47 Å². The summed E-state index contributed by atoms with van der Waals surface area (Å²) < 4.78 is 10.9. The summed E-state index contributed by atoms with van der Waals surface area (Å²) in [4.78, 5) is 10.6. The van der Waals surface area contributed by atoms with Gasteiger partial charge < -0.3 is 19.7 Å². The second kappa shape index (κ2) is 4.63. The fraction of sp³-hybridized carbons (Fsp3) is 0.417. The highest BCUT2D eigenvalue weighted by Crippen LogP contribution is 2.34. The highest BCUT2D eigenvalue weighted by atomic mass is 16.6. The number of carbonyl (C=O) groups is 1. The van der Waals surface area contributed by atoms with Crippen molar-refractivity contribution in [3.8, 4) is 11.5 Å². The first-order valence-electron chi connectivity index (χ1n) is 5.38. The summed E-state index contributed by atoms with van der Waals surface area (Å²) in [6.07, 6.45) is -1.33. The SMILES string of the molecule is Cc1cc(CC(O)C(=O)O)cc2c1OCCO2. The number of aryl methyl sites for hydroxylation is 1. The van der Waals surface area contributed by atoms with Gasteiger partial charge >= 0.3 is 5.97 Å². The number of aliphatic carboxylic acids is 1. The highest BCUT2D eigenvalue weighted by molar-refractivity contribution is 5.72. The van der Waals surface area contributed by atoms with Crippen LogP contribution in [0.15, 0.2) is 12.1 Å². The van der Waals surface area contributed by atoms with Crippen molar-refractivity contribution in [2.45, 2.75) is 19.4 Å². The standard InChI is InChI=1S/C12H14O5/c1-7-4-8(5-9(13)12(14)15)6-10-11(7)17-3-2-16-10/h4,6,9,13H,2-3,5H2,1H3,(H,14,15). The molecule has 0 fully saturated rings. The Labute approximate surface area is 98.6 Å². The molecule has 1 atom stereocenters. The first-order valence-corrected chi connectivity index (χ1v) is 5.38. The van der Waals surface area contributed by atoms with Crippen molar-refractivity contribution in [2.24, 2.45) is 0 Å². The summed E-state index contributed by atoms with van der Waals surface area (Å²) >= 11 is 0. The van der Waals surface area contributed by atoms with Crippen molar-refractivity contribution in [3.63, 3.8) is 0 Å². The van der Waals surface area contributed by atoms with Gasteiger partial charge in [-0.1, -0.05) is 6.07 Å². The molecule has 5 heteroatoms. The van der Waals surface area contributed by atoms with Crippen molar-refractivity contribution in [1.29, 1.82) is 0 Å². The zero-order chi connectivity index (χ0) is 12.4. The molecular formula is C12H14O5. The molecule has 92 valence electrons. The molecule has 17 heavy (non-hydrogen) atoms. The molecule has 0 radical (unpaired) electrons. The van der Waals surface area contributed by atoms with Crippen LogP contribution in [0.1, 0.15) is 11.1 Å². The summed E-state index contributed by atoms with van der Waals surface area (Å²) in [5.41, 5.74) is 1.61. The number of benzene rings is 1. The van der Waals surface area contributed by atoms with Gasteiger partial charge in [0.15, 0.2) is 17.6 Å². The second-order valence-electron chi connectivity index (χ2n) is 4.00. The summed E-state index contributed by atoms with van der Waals surface area (Å²) in [7, 11) is 0. The lowest BCUT2D eigenvalue weighted by Crippen LogP contribution is -2.22. The first-order chi connectivity index (χ1) is 8.08. The lowest BCUT2D eigenvalue weighted by molar-refractivity contribution is -0.146. The lowest BCUT2D eigenvalue weighted by Gasteiger charge is -2.21. The average molecular weight is 238 g/mol. The first kappa shape index (κ1) is 11.7. The van der Waals surface area contributed by atoms with E-state index in [2.05, 4.69) is 0 Å². The molecular weight excluding hydrogens is 224 g/mol. The molecule has 1 aromatic rings. The minimum absolute atomic E-state index is 0.0623. The molecule has 0 saturated heterocycles. The second-order valence-corrected chi connectivity index (χ2v) is 4.00. The maximum absolute atomic E-state index is 10.6. The largest absolute Gasteiger partial charge is 0.486 e. The third kappa shape index (κ3) is 2.50. The number of ether oxygens (including phenoxy) is 2. The number of rotatable bonds is 3. The monoisotopic (exact) mass is 238 g/mol. The van der Waals surface area contributed by atoms with Crippen LogP contribution in [0.3, 0.4) is 0 Å². The van der Waals surface area contributed by atoms with Gasteiger partial charge in [-0.05, 0) is 24.1 Å². The maximum Gasteiger partial charge on any atom is 0.332 e. The van der Waals surface area contributed by atoms with Crippen molar-refractivity contribution >= 4 is 5.97 Å². The average Bonchev–Trinajstić information content (AvgIpc) is 2.29. The summed E-state index contributed by atoms with van der Waals surface area (Å²) in [5, 5.41) is 17.9. The van der Waals surface area contributed by atoms with Crippen LogP contribution in [0.2, 0.25) is 0 Å². The number of hydrogen-bond acceptors (Lipinski definition) is 4. The van der Waals surface area contributed by atoms with Gasteiger partial charge in [-0.2, -0.15) is 0 Å². The number of aliphatic hydroxyl groups is 1. The highest BCUT2D eigenvalue weighted by Gasteiger charge is 2.19. The molecule has 1 aliphatic heterocycles. The third-order valence-corrected chi connectivity index (χ3v) is 2.60. The minimum Gasteiger partial charge on any atom is -0.486 e. The van der Waals surface area contributed by atoms with Gasteiger partial charge in [-0.3, -0.25) is 0 Å². The van der Waals surface area contributed by atoms with Crippen LogP contribution in [0.25, 0.3) is 0 Å². The number of aliphatic hydroxyl groups excluding tert-OH is 1. The van der Waals surface area contributed by atoms with E-state index in [4.69, 9.17) is 14.6 Å². The molecule has 0 spiro atoms. The van der Waals surface area contributed by atoms with Crippen molar-refractivity contribution in [1.82, 2.24) is 0 Å². The van der Waals surface area contributed by atoms with Gasteiger partial charge in [-0.15, -0.1) is 0 Å². The molecule has 0 bridgehead atoms.